The van der Waals surface area contributed by atoms with Gasteiger partial charge in [-0.3, -0.25) is 9.69 Å². The van der Waals surface area contributed by atoms with E-state index in [1.54, 1.807) is 0 Å². The zero-order valence-corrected chi connectivity index (χ0v) is 13.6. The second-order valence-corrected chi connectivity index (χ2v) is 6.53. The van der Waals surface area contributed by atoms with Crippen molar-refractivity contribution in [2.45, 2.75) is 6.54 Å². The molecule has 2 nitrogen and oxygen atoms in total. The average Bonchev–Trinajstić information content (AvgIpc) is 2.78. The van der Waals surface area contributed by atoms with Gasteiger partial charge in [-0.1, -0.05) is 23.7 Å². The van der Waals surface area contributed by atoms with Crippen molar-refractivity contribution in [2.75, 3.05) is 13.6 Å². The summed E-state index contributed by atoms with van der Waals surface area (Å²) < 4.78 is 0.877. The van der Waals surface area contributed by atoms with Crippen molar-refractivity contribution in [2.24, 2.45) is 0 Å². The summed E-state index contributed by atoms with van der Waals surface area (Å²) in [5.74, 6) is 0.137. The SMILES string of the molecule is CN(CC(=O)c1sccc1Br)Cc1ccc(Cl)cc1. The van der Waals surface area contributed by atoms with Crippen LogP contribution in [0.3, 0.4) is 0 Å². The smallest absolute Gasteiger partial charge is 0.187 e. The second-order valence-electron chi connectivity index (χ2n) is 4.32. The van der Waals surface area contributed by atoms with Crippen LogP contribution in [0.25, 0.3) is 0 Å². The Labute approximate surface area is 130 Å². The second kappa shape index (κ2) is 6.66. The molecule has 2 aromatic rings. The molecule has 0 aliphatic rings. The predicted octanol–water partition coefficient (Wildman–Crippen LogP) is 4.48. The highest BCUT2D eigenvalue weighted by molar-refractivity contribution is 9.10. The molecule has 0 fully saturated rings. The molecular formula is C14H13BrClNOS. The van der Waals surface area contributed by atoms with Gasteiger partial charge in [-0.2, -0.15) is 0 Å². The normalized spacial score (nSPS) is 10.9. The summed E-state index contributed by atoms with van der Waals surface area (Å²) in [5, 5.41) is 2.64. The molecule has 0 aliphatic heterocycles. The zero-order valence-electron chi connectivity index (χ0n) is 10.4. The van der Waals surface area contributed by atoms with E-state index in [1.807, 2.05) is 47.7 Å². The first-order chi connectivity index (χ1) is 9.06. The lowest BCUT2D eigenvalue weighted by Gasteiger charge is -2.15. The van der Waals surface area contributed by atoms with Gasteiger partial charge in [-0.25, -0.2) is 0 Å². The molecule has 0 saturated heterocycles. The van der Waals surface area contributed by atoms with Crippen LogP contribution in [0.15, 0.2) is 40.2 Å². The Morgan fingerprint density at radius 1 is 1.32 bits per heavy atom. The summed E-state index contributed by atoms with van der Waals surface area (Å²) in [6, 6.07) is 9.58. The van der Waals surface area contributed by atoms with E-state index in [-0.39, 0.29) is 5.78 Å². The number of Topliss-reactive ketones (excluding diaryl/α,β-unsaturated/α-hetero) is 1. The molecule has 0 saturated carbocycles. The monoisotopic (exact) mass is 357 g/mol. The van der Waals surface area contributed by atoms with Crippen LogP contribution in [0.4, 0.5) is 0 Å². The third-order valence-corrected chi connectivity index (χ3v) is 4.78. The number of likely N-dealkylation sites (N-methyl/N-ethyl adjacent to an activating group) is 1. The van der Waals surface area contributed by atoms with Gasteiger partial charge in [0.2, 0.25) is 0 Å². The first-order valence-corrected chi connectivity index (χ1v) is 7.80. The lowest BCUT2D eigenvalue weighted by molar-refractivity contribution is 0.0946. The van der Waals surface area contributed by atoms with Crippen LogP contribution in [-0.2, 0) is 6.54 Å². The lowest BCUT2D eigenvalue weighted by Crippen LogP contribution is -2.25. The molecule has 0 radical (unpaired) electrons. The molecule has 0 N–H and O–H groups in total. The summed E-state index contributed by atoms with van der Waals surface area (Å²) in [6.45, 7) is 1.13. The highest BCUT2D eigenvalue weighted by atomic mass is 79.9. The van der Waals surface area contributed by atoms with Gasteiger partial charge in [0, 0.05) is 16.0 Å². The van der Waals surface area contributed by atoms with Crippen LogP contribution in [0, 0.1) is 0 Å². The topological polar surface area (TPSA) is 20.3 Å². The van der Waals surface area contributed by atoms with Crippen molar-refractivity contribution in [3.05, 3.63) is 55.6 Å². The van der Waals surface area contributed by atoms with Gasteiger partial charge in [-0.05, 0) is 52.1 Å². The molecule has 1 heterocycles. The Morgan fingerprint density at radius 3 is 2.58 bits per heavy atom. The molecule has 5 heteroatoms. The summed E-state index contributed by atoms with van der Waals surface area (Å²) in [6.07, 6.45) is 0. The predicted molar refractivity (Wildman–Crippen MR) is 84.1 cm³/mol. The quantitative estimate of drug-likeness (QED) is 0.735. The standard InChI is InChI=1S/C14H13BrClNOS/c1-17(8-10-2-4-11(16)5-3-10)9-13(18)14-12(15)6-7-19-14/h2-7H,8-9H2,1H3. The fourth-order valence-electron chi connectivity index (χ4n) is 1.77. The molecule has 0 spiro atoms. The van der Waals surface area contributed by atoms with E-state index in [4.69, 9.17) is 11.6 Å². The maximum Gasteiger partial charge on any atom is 0.187 e. The zero-order chi connectivity index (χ0) is 13.8. The Kier molecular flexibility index (Phi) is 5.16. The van der Waals surface area contributed by atoms with Crippen LogP contribution < -0.4 is 0 Å². The molecule has 100 valence electrons. The number of rotatable bonds is 5. The van der Waals surface area contributed by atoms with Crippen molar-refractivity contribution in [1.82, 2.24) is 4.90 Å². The number of halogens is 2. The molecule has 0 atom stereocenters. The van der Waals surface area contributed by atoms with Crippen LogP contribution in [0.2, 0.25) is 5.02 Å². The van der Waals surface area contributed by atoms with E-state index in [0.717, 1.165) is 26.5 Å². The maximum absolute atomic E-state index is 12.1. The van der Waals surface area contributed by atoms with Crippen molar-refractivity contribution in [1.29, 1.82) is 0 Å². The first-order valence-electron chi connectivity index (χ1n) is 5.75. The number of benzene rings is 1. The molecule has 0 amide bonds. The summed E-state index contributed by atoms with van der Waals surface area (Å²) in [7, 11) is 1.94. The third kappa shape index (κ3) is 4.14. The number of carbonyl (C=O) groups is 1. The summed E-state index contributed by atoms with van der Waals surface area (Å²) in [5.41, 5.74) is 1.14. The number of hydrogen-bond acceptors (Lipinski definition) is 3. The number of nitrogens with zero attached hydrogens (tertiary/aromatic N) is 1. The molecule has 1 aromatic heterocycles. The van der Waals surface area contributed by atoms with Crippen LogP contribution in [0.5, 0.6) is 0 Å². The van der Waals surface area contributed by atoms with Crippen molar-refractivity contribution < 1.29 is 4.79 Å². The minimum absolute atomic E-state index is 0.137. The molecule has 2 rings (SSSR count). The highest BCUT2D eigenvalue weighted by Gasteiger charge is 2.13. The summed E-state index contributed by atoms with van der Waals surface area (Å²) >= 11 is 10.7. The van der Waals surface area contributed by atoms with Crippen molar-refractivity contribution in [3.8, 4) is 0 Å². The average molecular weight is 359 g/mol. The van der Waals surface area contributed by atoms with E-state index >= 15 is 0 Å². The largest absolute Gasteiger partial charge is 0.295 e. The van der Waals surface area contributed by atoms with Gasteiger partial charge in [0.05, 0.1) is 11.4 Å². The molecule has 0 unspecified atom stereocenters. The van der Waals surface area contributed by atoms with Crippen molar-refractivity contribution in [3.63, 3.8) is 0 Å². The molecule has 1 aromatic carbocycles. The molecule has 0 aliphatic carbocycles. The number of hydrogen-bond donors (Lipinski definition) is 0. The van der Waals surface area contributed by atoms with Gasteiger partial charge >= 0.3 is 0 Å². The Morgan fingerprint density at radius 2 is 2.00 bits per heavy atom. The van der Waals surface area contributed by atoms with E-state index < -0.39 is 0 Å². The molecular weight excluding hydrogens is 346 g/mol. The van der Waals surface area contributed by atoms with E-state index in [0.29, 0.717) is 6.54 Å². The third-order valence-electron chi connectivity index (χ3n) is 2.65. The van der Waals surface area contributed by atoms with Crippen LogP contribution in [-0.4, -0.2) is 24.3 Å². The van der Waals surface area contributed by atoms with Crippen molar-refractivity contribution >= 4 is 44.7 Å². The number of ketones is 1. The molecule has 0 bridgehead atoms. The van der Waals surface area contributed by atoms with E-state index in [9.17, 15) is 4.79 Å². The Bertz CT molecular complexity index is 567. The fourth-order valence-corrected chi connectivity index (χ4v) is 3.42. The van der Waals surface area contributed by atoms with Crippen LogP contribution >= 0.6 is 38.9 Å². The fraction of sp³-hybridized carbons (Fsp3) is 0.214. The Balaban J connectivity index is 1.94. The highest BCUT2D eigenvalue weighted by Crippen LogP contribution is 2.23. The van der Waals surface area contributed by atoms with Gasteiger partial charge in [0.1, 0.15) is 0 Å². The molecule has 19 heavy (non-hydrogen) atoms. The Hall–Kier alpha value is -0.680. The van der Waals surface area contributed by atoms with Gasteiger partial charge in [0.15, 0.2) is 5.78 Å². The number of thiophene rings is 1. The van der Waals surface area contributed by atoms with Gasteiger partial charge in [0.25, 0.3) is 0 Å². The van der Waals surface area contributed by atoms with Gasteiger partial charge < -0.3 is 0 Å². The number of carbonyl (C=O) groups excluding carboxylic acids is 1. The van der Waals surface area contributed by atoms with E-state index in [1.165, 1.54) is 11.3 Å². The van der Waals surface area contributed by atoms with E-state index in [2.05, 4.69) is 15.9 Å². The maximum atomic E-state index is 12.1. The summed E-state index contributed by atoms with van der Waals surface area (Å²) in [4.78, 5) is 14.9. The first kappa shape index (κ1) is 14.7. The minimum Gasteiger partial charge on any atom is -0.295 e. The van der Waals surface area contributed by atoms with Gasteiger partial charge in [-0.15, -0.1) is 11.3 Å². The lowest BCUT2D eigenvalue weighted by atomic mass is 10.2. The van der Waals surface area contributed by atoms with Crippen LogP contribution in [0.1, 0.15) is 15.2 Å². The minimum atomic E-state index is 0.137.